The number of hydrogen-bond donors (Lipinski definition) is 2. The van der Waals surface area contributed by atoms with Crippen LogP contribution in [0.2, 0.25) is 0 Å². The lowest BCUT2D eigenvalue weighted by Gasteiger charge is -2.22. The second-order valence-electron chi connectivity index (χ2n) is 9.28. The first-order chi connectivity index (χ1) is 17.0. The van der Waals surface area contributed by atoms with E-state index in [1.54, 1.807) is 18.2 Å². The van der Waals surface area contributed by atoms with Crippen LogP contribution in [0.4, 0.5) is 4.39 Å². The Bertz CT molecular complexity index is 1200. The zero-order chi connectivity index (χ0) is 24.4. The average molecular weight is 476 g/mol. The molecule has 2 N–H and O–H groups in total. The lowest BCUT2D eigenvalue weighted by molar-refractivity contribution is 0.0772. The molecule has 3 aromatic rings. The largest absolute Gasteiger partial charge is 0.373 e. The Labute approximate surface area is 204 Å². The van der Waals surface area contributed by atoms with Gasteiger partial charge in [0.15, 0.2) is 0 Å². The molecule has 2 aromatic carbocycles. The Morgan fingerprint density at radius 3 is 2.46 bits per heavy atom. The van der Waals surface area contributed by atoms with E-state index in [0.717, 1.165) is 30.4 Å². The van der Waals surface area contributed by atoms with Crippen molar-refractivity contribution in [3.8, 4) is 0 Å². The molecule has 0 saturated heterocycles. The SMILES string of the molecule is CC[C@@H](NC(=O)c1cc(C(=O)NC(c2ccc(F)cc2)C2CC2)n2c1COCC2)c1ccccc1. The topological polar surface area (TPSA) is 72.4 Å². The maximum atomic E-state index is 13.5. The molecule has 2 atom stereocenters. The molecule has 2 heterocycles. The minimum Gasteiger partial charge on any atom is -0.373 e. The summed E-state index contributed by atoms with van der Waals surface area (Å²) in [7, 11) is 0. The van der Waals surface area contributed by atoms with E-state index in [4.69, 9.17) is 4.74 Å². The highest BCUT2D eigenvalue weighted by Gasteiger charge is 2.35. The molecule has 182 valence electrons. The van der Waals surface area contributed by atoms with Crippen LogP contribution in [0.15, 0.2) is 60.7 Å². The van der Waals surface area contributed by atoms with Crippen LogP contribution in [0.25, 0.3) is 0 Å². The summed E-state index contributed by atoms with van der Waals surface area (Å²) in [5.74, 6) is -0.413. The summed E-state index contributed by atoms with van der Waals surface area (Å²) in [6.07, 6.45) is 2.79. The highest BCUT2D eigenvalue weighted by atomic mass is 19.1. The van der Waals surface area contributed by atoms with Gasteiger partial charge in [-0.2, -0.15) is 0 Å². The van der Waals surface area contributed by atoms with Crippen molar-refractivity contribution in [2.24, 2.45) is 5.92 Å². The lowest BCUT2D eigenvalue weighted by atomic mass is 10.0. The van der Waals surface area contributed by atoms with Crippen molar-refractivity contribution in [1.29, 1.82) is 0 Å². The molecule has 1 unspecified atom stereocenters. The molecule has 1 aliphatic carbocycles. The third-order valence-electron chi connectivity index (χ3n) is 6.91. The summed E-state index contributed by atoms with van der Waals surface area (Å²) < 4.78 is 21.0. The zero-order valence-electron chi connectivity index (χ0n) is 19.8. The molecule has 5 rings (SSSR count). The third kappa shape index (κ3) is 5.00. The fraction of sp³-hybridized carbons (Fsp3) is 0.357. The second-order valence-corrected chi connectivity index (χ2v) is 9.28. The minimum absolute atomic E-state index is 0.126. The van der Waals surface area contributed by atoms with Crippen molar-refractivity contribution in [2.45, 2.75) is 51.4 Å². The molecule has 0 bridgehead atoms. The minimum atomic E-state index is -0.299. The predicted octanol–water partition coefficient (Wildman–Crippen LogP) is 4.92. The predicted molar refractivity (Wildman–Crippen MR) is 130 cm³/mol. The van der Waals surface area contributed by atoms with Crippen LogP contribution < -0.4 is 10.6 Å². The molecule has 1 aromatic heterocycles. The van der Waals surface area contributed by atoms with Gasteiger partial charge in [-0.05, 0) is 54.5 Å². The van der Waals surface area contributed by atoms with E-state index in [1.165, 1.54) is 12.1 Å². The first kappa shape index (κ1) is 23.3. The standard InChI is InChI=1S/C28H30FN3O3/c1-2-23(18-6-4-3-5-7-18)30-27(33)22-16-24(32-14-15-35-17-25(22)32)28(34)31-26(19-8-9-19)20-10-12-21(29)13-11-20/h3-7,10-13,16,19,23,26H,2,8-9,14-15,17H2,1H3,(H,30,33)(H,31,34)/t23-,26?/m1/s1. The van der Waals surface area contributed by atoms with Crippen molar-refractivity contribution in [3.63, 3.8) is 0 Å². The number of aromatic nitrogens is 1. The maximum Gasteiger partial charge on any atom is 0.268 e. The van der Waals surface area contributed by atoms with E-state index in [9.17, 15) is 14.0 Å². The van der Waals surface area contributed by atoms with Gasteiger partial charge in [0.05, 0.1) is 36.6 Å². The third-order valence-corrected chi connectivity index (χ3v) is 6.91. The van der Waals surface area contributed by atoms with Crippen molar-refractivity contribution in [1.82, 2.24) is 15.2 Å². The molecule has 0 spiro atoms. The van der Waals surface area contributed by atoms with Crippen LogP contribution in [0.5, 0.6) is 0 Å². The van der Waals surface area contributed by atoms with E-state index < -0.39 is 0 Å². The first-order valence-electron chi connectivity index (χ1n) is 12.3. The van der Waals surface area contributed by atoms with Crippen molar-refractivity contribution in [3.05, 3.63) is 94.6 Å². The summed E-state index contributed by atoms with van der Waals surface area (Å²) in [5.41, 5.74) is 3.56. The molecular formula is C28H30FN3O3. The molecular weight excluding hydrogens is 445 g/mol. The number of halogens is 1. The van der Waals surface area contributed by atoms with Gasteiger partial charge >= 0.3 is 0 Å². The summed E-state index contributed by atoms with van der Waals surface area (Å²) in [5, 5.41) is 6.28. The van der Waals surface area contributed by atoms with Crippen LogP contribution in [0, 0.1) is 11.7 Å². The first-order valence-corrected chi connectivity index (χ1v) is 12.3. The van der Waals surface area contributed by atoms with Gasteiger partial charge in [-0.3, -0.25) is 9.59 Å². The van der Waals surface area contributed by atoms with Crippen LogP contribution >= 0.6 is 0 Å². The number of amides is 2. The Balaban J connectivity index is 1.40. The van der Waals surface area contributed by atoms with Crippen LogP contribution in [0.1, 0.15) is 75.9 Å². The monoisotopic (exact) mass is 475 g/mol. The number of nitrogens with zero attached hydrogens (tertiary/aromatic N) is 1. The second kappa shape index (κ2) is 10.0. The fourth-order valence-corrected chi connectivity index (χ4v) is 4.84. The summed E-state index contributed by atoms with van der Waals surface area (Å²) in [6, 6.07) is 17.5. The number of fused-ring (bicyclic) bond motifs is 1. The smallest absolute Gasteiger partial charge is 0.268 e. The molecule has 7 heteroatoms. The quantitative estimate of drug-likeness (QED) is 0.486. The highest BCUT2D eigenvalue weighted by molar-refractivity contribution is 6.01. The number of hydrogen-bond acceptors (Lipinski definition) is 3. The molecule has 1 fully saturated rings. The van der Waals surface area contributed by atoms with E-state index in [0.29, 0.717) is 36.0 Å². The summed E-state index contributed by atoms with van der Waals surface area (Å²) in [4.78, 5) is 26.8. The van der Waals surface area contributed by atoms with Gasteiger partial charge in [0.25, 0.3) is 11.8 Å². The maximum absolute atomic E-state index is 13.5. The molecule has 0 radical (unpaired) electrons. The number of nitrogens with one attached hydrogen (secondary N) is 2. The van der Waals surface area contributed by atoms with Gasteiger partial charge in [-0.15, -0.1) is 0 Å². The number of benzene rings is 2. The Hall–Kier alpha value is -3.45. The Morgan fingerprint density at radius 1 is 1.03 bits per heavy atom. The van der Waals surface area contributed by atoms with Gasteiger partial charge in [0.2, 0.25) is 0 Å². The number of carbonyl (C=O) groups excluding carboxylic acids is 2. The van der Waals surface area contributed by atoms with Gasteiger partial charge in [0, 0.05) is 6.54 Å². The highest BCUT2D eigenvalue weighted by Crippen LogP contribution is 2.41. The lowest BCUT2D eigenvalue weighted by Crippen LogP contribution is -2.32. The van der Waals surface area contributed by atoms with Crippen LogP contribution in [-0.2, 0) is 17.9 Å². The Morgan fingerprint density at radius 2 is 1.77 bits per heavy atom. The fourth-order valence-electron chi connectivity index (χ4n) is 4.84. The van der Waals surface area contributed by atoms with E-state index in [1.807, 2.05) is 41.8 Å². The normalized spacial score (nSPS) is 16.7. The molecule has 35 heavy (non-hydrogen) atoms. The average Bonchev–Trinajstić information content (AvgIpc) is 3.66. The van der Waals surface area contributed by atoms with Crippen LogP contribution in [0.3, 0.4) is 0 Å². The molecule has 1 aliphatic heterocycles. The zero-order valence-corrected chi connectivity index (χ0v) is 19.8. The number of ether oxygens (including phenoxy) is 1. The van der Waals surface area contributed by atoms with Crippen molar-refractivity contribution < 1.29 is 18.7 Å². The van der Waals surface area contributed by atoms with Gasteiger partial charge < -0.3 is 19.9 Å². The summed E-state index contributed by atoms with van der Waals surface area (Å²) >= 11 is 0. The van der Waals surface area contributed by atoms with Crippen molar-refractivity contribution in [2.75, 3.05) is 6.61 Å². The van der Waals surface area contributed by atoms with Gasteiger partial charge in [-0.1, -0.05) is 49.4 Å². The summed E-state index contributed by atoms with van der Waals surface area (Å²) in [6.45, 7) is 3.30. The van der Waals surface area contributed by atoms with Gasteiger partial charge in [0.1, 0.15) is 11.5 Å². The number of rotatable bonds is 8. The molecule has 2 amide bonds. The van der Waals surface area contributed by atoms with E-state index in [2.05, 4.69) is 10.6 Å². The molecule has 6 nitrogen and oxygen atoms in total. The van der Waals surface area contributed by atoms with E-state index in [-0.39, 0.29) is 36.3 Å². The van der Waals surface area contributed by atoms with Gasteiger partial charge in [-0.25, -0.2) is 4.39 Å². The molecule has 2 aliphatic rings. The van der Waals surface area contributed by atoms with Crippen LogP contribution in [-0.4, -0.2) is 23.0 Å². The van der Waals surface area contributed by atoms with Crippen molar-refractivity contribution >= 4 is 11.8 Å². The Kier molecular flexibility index (Phi) is 6.68. The van der Waals surface area contributed by atoms with E-state index >= 15 is 0 Å². The molecule has 1 saturated carbocycles. The number of carbonyl (C=O) groups is 2.